The van der Waals surface area contributed by atoms with Crippen LogP contribution in [0.4, 0.5) is 8.78 Å². The van der Waals surface area contributed by atoms with Crippen LogP contribution in [0, 0.1) is 11.6 Å². The third-order valence-electron chi connectivity index (χ3n) is 4.37. The van der Waals surface area contributed by atoms with Crippen molar-refractivity contribution in [2.24, 2.45) is 17.2 Å². The molecule has 9 nitrogen and oxygen atoms in total. The number of rotatable bonds is 7. The van der Waals surface area contributed by atoms with Gasteiger partial charge in [-0.1, -0.05) is 19.9 Å². The molecule has 0 aliphatic rings. The van der Waals surface area contributed by atoms with Crippen molar-refractivity contribution in [3.05, 3.63) is 77.3 Å². The fourth-order valence-corrected chi connectivity index (χ4v) is 4.36. The van der Waals surface area contributed by atoms with Gasteiger partial charge < -0.3 is 26.0 Å². The average Bonchev–Trinajstić information content (AvgIpc) is 3.07. The maximum absolute atomic E-state index is 13.6. The molecule has 3 rings (SSSR count). The molecule has 0 saturated carbocycles. The second-order valence-corrected chi connectivity index (χ2v) is 8.66. The zero-order valence-electron chi connectivity index (χ0n) is 17.3. The van der Waals surface area contributed by atoms with E-state index < -0.39 is 33.4 Å². The number of imidazole rings is 1. The molecule has 170 valence electrons. The quantitative estimate of drug-likeness (QED) is 0.449. The lowest BCUT2D eigenvalue weighted by atomic mass is 10.1. The molecule has 0 bridgehead atoms. The van der Waals surface area contributed by atoms with Gasteiger partial charge in [0, 0.05) is 24.4 Å². The second kappa shape index (κ2) is 8.83. The Labute approximate surface area is 183 Å². The highest BCUT2D eigenvalue weighted by atomic mass is 32.2. The maximum atomic E-state index is 13.6. The zero-order chi connectivity index (χ0) is 23.6. The van der Waals surface area contributed by atoms with Crippen LogP contribution in [0.3, 0.4) is 0 Å². The molecule has 2 aromatic heterocycles. The fourth-order valence-electron chi connectivity index (χ4n) is 2.97. The molecule has 0 unspecified atom stereocenters. The molecular formula is C20H22F2N6O3S. The van der Waals surface area contributed by atoms with Crippen LogP contribution in [-0.2, 0) is 16.7 Å². The van der Waals surface area contributed by atoms with E-state index in [9.17, 15) is 17.2 Å². The van der Waals surface area contributed by atoms with Gasteiger partial charge >= 0.3 is 10.1 Å². The van der Waals surface area contributed by atoms with E-state index >= 15 is 0 Å². The number of hydrogen-bond donors (Lipinski definition) is 3. The molecule has 2 heterocycles. The minimum absolute atomic E-state index is 0.00745. The van der Waals surface area contributed by atoms with Crippen LogP contribution in [0.2, 0.25) is 0 Å². The Balaban J connectivity index is 2.25. The predicted octanol–water partition coefficient (Wildman–Crippen LogP) is 2.00. The molecule has 0 radical (unpaired) electrons. The molecule has 0 fully saturated rings. The molecule has 0 aliphatic carbocycles. The Morgan fingerprint density at radius 3 is 2.31 bits per heavy atom. The van der Waals surface area contributed by atoms with Gasteiger partial charge in [-0.05, 0) is 18.1 Å². The monoisotopic (exact) mass is 464 g/mol. The van der Waals surface area contributed by atoms with Gasteiger partial charge in [-0.15, -0.1) is 0 Å². The third-order valence-corrected chi connectivity index (χ3v) is 5.69. The Morgan fingerprint density at radius 1 is 1.12 bits per heavy atom. The summed E-state index contributed by atoms with van der Waals surface area (Å²) in [4.78, 5) is 8.56. The van der Waals surface area contributed by atoms with Crippen molar-refractivity contribution in [1.29, 1.82) is 0 Å². The van der Waals surface area contributed by atoms with Gasteiger partial charge in [-0.2, -0.15) is 8.42 Å². The molecule has 3 aromatic rings. The van der Waals surface area contributed by atoms with Crippen molar-refractivity contribution in [2.75, 3.05) is 0 Å². The SMILES string of the molecule is CC(C)c1nc(C(N)=C(N)N)n(Cc2ccccn2)c1S(=O)(=O)Oc1cc(F)cc(F)c1. The van der Waals surface area contributed by atoms with Gasteiger partial charge in [-0.3, -0.25) is 4.98 Å². The number of halogens is 2. The molecule has 1 aromatic carbocycles. The summed E-state index contributed by atoms with van der Waals surface area (Å²) in [6.07, 6.45) is 1.53. The lowest BCUT2D eigenvalue weighted by Crippen LogP contribution is -2.22. The van der Waals surface area contributed by atoms with E-state index in [1.54, 1.807) is 32.0 Å². The van der Waals surface area contributed by atoms with E-state index in [1.165, 1.54) is 10.8 Å². The summed E-state index contributed by atoms with van der Waals surface area (Å²) in [5.41, 5.74) is 17.7. The van der Waals surface area contributed by atoms with E-state index in [0.29, 0.717) is 11.8 Å². The number of nitrogens with zero attached hydrogens (tertiary/aromatic N) is 3. The highest BCUT2D eigenvalue weighted by Gasteiger charge is 2.33. The molecule has 0 atom stereocenters. The summed E-state index contributed by atoms with van der Waals surface area (Å²) < 4.78 is 60.1. The van der Waals surface area contributed by atoms with Crippen molar-refractivity contribution in [3.63, 3.8) is 0 Å². The van der Waals surface area contributed by atoms with Crippen LogP contribution in [-0.4, -0.2) is 23.0 Å². The normalized spacial score (nSPS) is 11.5. The predicted molar refractivity (Wildman–Crippen MR) is 113 cm³/mol. The first-order chi connectivity index (χ1) is 15.0. The standard InChI is InChI=1S/C20H22F2N6O3S/c1-11(2)17-20(32(29,30)31-15-8-12(21)7-13(22)9-15)28(10-14-5-3-4-6-26-14)19(27-17)16(23)18(24)25/h3-9,11H,10,23-25H2,1-2H3. The molecule has 0 amide bonds. The summed E-state index contributed by atoms with van der Waals surface area (Å²) in [7, 11) is -4.63. The molecule has 0 saturated heterocycles. The van der Waals surface area contributed by atoms with E-state index in [1.807, 2.05) is 0 Å². The van der Waals surface area contributed by atoms with Crippen LogP contribution in [0.15, 0.2) is 53.4 Å². The Hall–Kier alpha value is -3.67. The van der Waals surface area contributed by atoms with Crippen molar-refractivity contribution in [1.82, 2.24) is 14.5 Å². The lowest BCUT2D eigenvalue weighted by Gasteiger charge is -2.14. The Bertz CT molecular complexity index is 1250. The first-order valence-electron chi connectivity index (χ1n) is 9.41. The minimum atomic E-state index is -4.63. The van der Waals surface area contributed by atoms with Gasteiger partial charge in [0.15, 0.2) is 10.9 Å². The molecule has 6 N–H and O–H groups in total. The number of nitrogens with two attached hydrogens (primary N) is 3. The molecular weight excluding hydrogens is 442 g/mol. The lowest BCUT2D eigenvalue weighted by molar-refractivity contribution is 0.466. The van der Waals surface area contributed by atoms with E-state index in [4.69, 9.17) is 21.4 Å². The molecule has 12 heteroatoms. The average molecular weight is 464 g/mol. The maximum Gasteiger partial charge on any atom is 0.357 e. The summed E-state index contributed by atoms with van der Waals surface area (Å²) in [6.45, 7) is 3.35. The van der Waals surface area contributed by atoms with E-state index in [2.05, 4.69) is 9.97 Å². The van der Waals surface area contributed by atoms with Crippen LogP contribution >= 0.6 is 0 Å². The highest BCUT2D eigenvalue weighted by Crippen LogP contribution is 2.30. The van der Waals surface area contributed by atoms with Crippen molar-refractivity contribution in [2.45, 2.75) is 31.3 Å². The third kappa shape index (κ3) is 4.80. The van der Waals surface area contributed by atoms with Gasteiger partial charge in [-0.25, -0.2) is 13.8 Å². The molecule has 32 heavy (non-hydrogen) atoms. The minimum Gasteiger partial charge on any atom is -0.393 e. The topological polar surface area (TPSA) is 152 Å². The van der Waals surface area contributed by atoms with Crippen LogP contribution in [0.5, 0.6) is 5.75 Å². The van der Waals surface area contributed by atoms with Crippen LogP contribution < -0.4 is 21.4 Å². The largest absolute Gasteiger partial charge is 0.393 e. The number of benzene rings is 1. The Morgan fingerprint density at radius 2 is 1.78 bits per heavy atom. The summed E-state index contributed by atoms with van der Waals surface area (Å²) in [5.74, 6) is -3.19. The number of hydrogen-bond acceptors (Lipinski definition) is 8. The van der Waals surface area contributed by atoms with Crippen molar-refractivity contribution < 1.29 is 21.4 Å². The summed E-state index contributed by atoms with van der Waals surface area (Å²) in [5, 5.41) is -0.359. The molecule has 0 spiro atoms. The first kappa shape index (κ1) is 23.0. The van der Waals surface area contributed by atoms with Crippen LogP contribution in [0.1, 0.15) is 37.0 Å². The van der Waals surface area contributed by atoms with Crippen LogP contribution in [0.25, 0.3) is 5.70 Å². The van der Waals surface area contributed by atoms with E-state index in [0.717, 1.165) is 12.1 Å². The van der Waals surface area contributed by atoms with E-state index in [-0.39, 0.29) is 34.6 Å². The van der Waals surface area contributed by atoms with Crippen molar-refractivity contribution in [3.8, 4) is 5.75 Å². The number of aromatic nitrogens is 3. The van der Waals surface area contributed by atoms with Gasteiger partial charge in [0.1, 0.15) is 28.9 Å². The van der Waals surface area contributed by atoms with Gasteiger partial charge in [0.25, 0.3) is 0 Å². The van der Waals surface area contributed by atoms with Gasteiger partial charge in [0.05, 0.1) is 17.9 Å². The highest BCUT2D eigenvalue weighted by molar-refractivity contribution is 7.87. The van der Waals surface area contributed by atoms with Gasteiger partial charge in [0.2, 0.25) is 0 Å². The first-order valence-corrected chi connectivity index (χ1v) is 10.8. The Kier molecular flexibility index (Phi) is 6.35. The summed E-state index contributed by atoms with van der Waals surface area (Å²) >= 11 is 0. The summed E-state index contributed by atoms with van der Waals surface area (Å²) in [6, 6.07) is 7.19. The number of pyridine rings is 1. The molecule has 0 aliphatic heterocycles. The zero-order valence-corrected chi connectivity index (χ0v) is 18.1. The smallest absolute Gasteiger partial charge is 0.357 e. The fraction of sp³-hybridized carbons (Fsp3) is 0.200. The second-order valence-electron chi connectivity index (χ2n) is 7.20. The van der Waals surface area contributed by atoms with Crippen molar-refractivity contribution >= 4 is 15.8 Å².